The summed E-state index contributed by atoms with van der Waals surface area (Å²) < 4.78 is 15.9. The van der Waals surface area contributed by atoms with E-state index in [1.54, 1.807) is 31.2 Å². The largest absolute Gasteiger partial charge is 0.491 e. The Morgan fingerprint density at radius 1 is 0.936 bits per heavy atom. The third-order valence-electron chi connectivity index (χ3n) is 8.85. The van der Waals surface area contributed by atoms with Gasteiger partial charge in [-0.25, -0.2) is 4.79 Å². The SMILES string of the molecule is COC(=O)c1ccc(OCCOCCNC(=O)CCc2ccccc2C2CC3CCC(C2)N3C(=O)CSCC(C(C)=O)=C(C)N)cc1. The number of amides is 2. The predicted molar refractivity (Wildman–Crippen MR) is 182 cm³/mol. The number of ketones is 1. The van der Waals surface area contributed by atoms with Gasteiger partial charge in [0.2, 0.25) is 11.8 Å². The van der Waals surface area contributed by atoms with Gasteiger partial charge in [0, 0.05) is 42.1 Å². The Morgan fingerprint density at radius 3 is 2.30 bits per heavy atom. The van der Waals surface area contributed by atoms with E-state index >= 15 is 0 Å². The minimum atomic E-state index is -0.395. The van der Waals surface area contributed by atoms with E-state index < -0.39 is 5.97 Å². The summed E-state index contributed by atoms with van der Waals surface area (Å²) in [5.74, 6) is 1.48. The van der Waals surface area contributed by atoms with Gasteiger partial charge in [0.25, 0.3) is 0 Å². The molecule has 2 aromatic carbocycles. The molecule has 0 spiro atoms. The highest BCUT2D eigenvalue weighted by molar-refractivity contribution is 8.00. The van der Waals surface area contributed by atoms with E-state index in [4.69, 9.17) is 15.2 Å². The van der Waals surface area contributed by atoms with Crippen molar-refractivity contribution in [1.82, 2.24) is 10.2 Å². The Labute approximate surface area is 281 Å². The lowest BCUT2D eigenvalue weighted by Crippen LogP contribution is -2.47. The highest BCUT2D eigenvalue weighted by Crippen LogP contribution is 2.44. The van der Waals surface area contributed by atoms with Crippen molar-refractivity contribution < 1.29 is 33.4 Å². The Balaban J connectivity index is 1.15. The Kier molecular flexibility index (Phi) is 13.7. The molecule has 2 amide bonds. The molecule has 11 heteroatoms. The van der Waals surface area contributed by atoms with Crippen molar-refractivity contribution in [2.45, 2.75) is 70.4 Å². The number of carbonyl (C=O) groups excluding carboxylic acids is 4. The van der Waals surface area contributed by atoms with Crippen LogP contribution in [0.5, 0.6) is 5.75 Å². The number of piperidine rings is 1. The van der Waals surface area contributed by atoms with Crippen molar-refractivity contribution in [1.29, 1.82) is 0 Å². The second kappa shape index (κ2) is 17.9. The fraction of sp³-hybridized carbons (Fsp3) is 0.500. The van der Waals surface area contributed by atoms with Crippen LogP contribution in [0.2, 0.25) is 0 Å². The maximum Gasteiger partial charge on any atom is 0.337 e. The topological polar surface area (TPSA) is 137 Å². The van der Waals surface area contributed by atoms with Crippen LogP contribution in [-0.2, 0) is 30.3 Å². The standard InChI is InChI=1S/C36H47N3O7S/c1-24(37)33(25(2)40)22-47-23-35(42)39-29-11-12-30(39)21-28(20-29)32-7-5-4-6-26(32)10-15-34(41)38-16-17-45-18-19-46-31-13-8-27(9-14-31)36(43)44-3/h4-9,13-14,28-30H,10-12,15-23,37H2,1-3H3,(H,38,41). The van der Waals surface area contributed by atoms with Crippen LogP contribution in [0.1, 0.15) is 73.4 Å². The molecule has 254 valence electrons. The number of aryl methyl sites for hydroxylation is 1. The number of methoxy groups -OCH3 is 1. The minimum Gasteiger partial charge on any atom is -0.491 e. The molecule has 2 fully saturated rings. The number of hydrogen-bond acceptors (Lipinski definition) is 9. The first-order valence-electron chi connectivity index (χ1n) is 16.3. The van der Waals surface area contributed by atoms with E-state index in [1.165, 1.54) is 36.9 Å². The summed E-state index contributed by atoms with van der Waals surface area (Å²) in [4.78, 5) is 51.3. The van der Waals surface area contributed by atoms with Crippen molar-refractivity contribution in [3.8, 4) is 5.75 Å². The van der Waals surface area contributed by atoms with Gasteiger partial charge in [-0.15, -0.1) is 11.8 Å². The normalized spacial score (nSPS) is 19.1. The third-order valence-corrected chi connectivity index (χ3v) is 9.79. The maximum atomic E-state index is 13.2. The van der Waals surface area contributed by atoms with Crippen LogP contribution in [0.3, 0.4) is 0 Å². The average Bonchev–Trinajstić information content (AvgIpc) is 3.33. The van der Waals surface area contributed by atoms with Crippen LogP contribution < -0.4 is 15.8 Å². The molecule has 0 radical (unpaired) electrons. The summed E-state index contributed by atoms with van der Waals surface area (Å²) >= 11 is 1.46. The van der Waals surface area contributed by atoms with Crippen LogP contribution in [-0.4, -0.2) is 85.5 Å². The molecule has 3 N–H and O–H groups in total. The van der Waals surface area contributed by atoms with Crippen molar-refractivity contribution >= 4 is 35.3 Å². The number of esters is 1. The fourth-order valence-corrected chi connectivity index (χ4v) is 7.59. The first kappa shape index (κ1) is 36.0. The Hall–Kier alpha value is -3.83. The third kappa shape index (κ3) is 10.3. The van der Waals surface area contributed by atoms with Crippen molar-refractivity contribution in [3.63, 3.8) is 0 Å². The van der Waals surface area contributed by atoms with E-state index in [0.717, 1.165) is 25.7 Å². The first-order valence-corrected chi connectivity index (χ1v) is 17.4. The van der Waals surface area contributed by atoms with Gasteiger partial charge in [-0.05, 0) is 87.3 Å². The number of nitrogens with zero attached hydrogens (tertiary/aromatic N) is 1. The van der Waals surface area contributed by atoms with Crippen LogP contribution in [0.4, 0.5) is 0 Å². The molecule has 2 unspecified atom stereocenters. The first-order chi connectivity index (χ1) is 22.7. The number of carbonyl (C=O) groups is 4. The molecule has 0 aliphatic carbocycles. The molecular formula is C36H47N3O7S. The molecule has 10 nitrogen and oxygen atoms in total. The van der Waals surface area contributed by atoms with Crippen LogP contribution in [0.15, 0.2) is 59.8 Å². The number of thioether (sulfide) groups is 1. The molecule has 4 rings (SSSR count). The lowest BCUT2D eigenvalue weighted by molar-refractivity contribution is -0.133. The molecule has 2 saturated heterocycles. The zero-order valence-corrected chi connectivity index (χ0v) is 28.4. The number of nitrogens with two attached hydrogens (primary N) is 1. The molecule has 2 aromatic rings. The molecule has 0 aromatic heterocycles. The molecular weight excluding hydrogens is 618 g/mol. The summed E-state index contributed by atoms with van der Waals surface area (Å²) in [7, 11) is 1.34. The summed E-state index contributed by atoms with van der Waals surface area (Å²) in [6, 6.07) is 15.5. The monoisotopic (exact) mass is 665 g/mol. The second-order valence-corrected chi connectivity index (χ2v) is 13.1. The zero-order chi connectivity index (χ0) is 33.8. The van der Waals surface area contributed by atoms with Crippen LogP contribution in [0.25, 0.3) is 0 Å². The molecule has 47 heavy (non-hydrogen) atoms. The lowest BCUT2D eigenvalue weighted by Gasteiger charge is -2.40. The number of Topliss-reactive ketones (excluding diaryl/α,β-unsaturated/α-hetero) is 1. The number of fused-ring (bicyclic) bond motifs is 2. The van der Waals surface area contributed by atoms with E-state index in [-0.39, 0.29) is 29.7 Å². The number of rotatable bonds is 17. The minimum absolute atomic E-state index is 0.0176. The summed E-state index contributed by atoms with van der Waals surface area (Å²) in [6.07, 6.45) is 4.93. The fourth-order valence-electron chi connectivity index (χ4n) is 6.53. The molecule has 2 atom stereocenters. The lowest BCUT2D eigenvalue weighted by atomic mass is 9.82. The van der Waals surface area contributed by atoms with E-state index in [9.17, 15) is 19.2 Å². The molecule has 2 bridgehead atoms. The van der Waals surface area contributed by atoms with Crippen molar-refractivity contribution in [3.05, 3.63) is 76.5 Å². The number of nitrogens with one attached hydrogen (secondary N) is 1. The zero-order valence-electron chi connectivity index (χ0n) is 27.6. The van der Waals surface area contributed by atoms with Gasteiger partial charge in [0.05, 0.1) is 31.6 Å². The second-order valence-electron chi connectivity index (χ2n) is 12.1. The maximum absolute atomic E-state index is 13.2. The van der Waals surface area contributed by atoms with Crippen LogP contribution >= 0.6 is 11.8 Å². The molecule has 2 heterocycles. The Bertz CT molecular complexity index is 1410. The Morgan fingerprint density at radius 2 is 1.64 bits per heavy atom. The molecule has 0 saturated carbocycles. The van der Waals surface area contributed by atoms with Gasteiger partial charge in [-0.2, -0.15) is 0 Å². The smallest absolute Gasteiger partial charge is 0.337 e. The summed E-state index contributed by atoms with van der Waals surface area (Å²) in [6.45, 7) is 4.76. The molecule has 2 aliphatic rings. The van der Waals surface area contributed by atoms with Gasteiger partial charge in [0.15, 0.2) is 5.78 Å². The van der Waals surface area contributed by atoms with Gasteiger partial charge in [-0.3, -0.25) is 14.4 Å². The van der Waals surface area contributed by atoms with E-state index in [2.05, 4.69) is 33.2 Å². The number of hydrogen-bond donors (Lipinski definition) is 2. The quantitative estimate of drug-likeness (QED) is 0.143. The van der Waals surface area contributed by atoms with Gasteiger partial charge in [0.1, 0.15) is 12.4 Å². The van der Waals surface area contributed by atoms with Gasteiger partial charge < -0.3 is 30.2 Å². The van der Waals surface area contributed by atoms with E-state index in [0.29, 0.717) is 79.2 Å². The number of benzene rings is 2. The van der Waals surface area contributed by atoms with E-state index in [1.807, 2.05) is 6.07 Å². The average molecular weight is 666 g/mol. The predicted octanol–water partition coefficient (Wildman–Crippen LogP) is 4.41. The summed E-state index contributed by atoms with van der Waals surface area (Å²) in [5, 5.41) is 2.94. The number of allylic oxidation sites excluding steroid dienone is 1. The summed E-state index contributed by atoms with van der Waals surface area (Å²) in [5.41, 5.74) is 9.90. The highest BCUT2D eigenvalue weighted by Gasteiger charge is 2.43. The van der Waals surface area contributed by atoms with Crippen LogP contribution in [0, 0.1) is 0 Å². The number of ether oxygens (including phenoxy) is 3. The van der Waals surface area contributed by atoms with Crippen molar-refractivity contribution in [2.24, 2.45) is 5.73 Å². The van der Waals surface area contributed by atoms with Crippen molar-refractivity contribution in [2.75, 3.05) is 45.0 Å². The van der Waals surface area contributed by atoms with Gasteiger partial charge in [-0.1, -0.05) is 24.3 Å². The molecule has 2 aliphatic heterocycles. The van der Waals surface area contributed by atoms with Gasteiger partial charge >= 0.3 is 5.97 Å². The highest BCUT2D eigenvalue weighted by atomic mass is 32.2.